The van der Waals surface area contributed by atoms with Crippen molar-refractivity contribution in [2.75, 3.05) is 10.8 Å². The van der Waals surface area contributed by atoms with Crippen LogP contribution < -0.4 is 9.73 Å². The number of rotatable bonds is 9. The van der Waals surface area contributed by atoms with Gasteiger partial charge < -0.3 is 4.42 Å². The molecule has 3 aromatic carbocycles. The molecule has 13 heteroatoms. The van der Waals surface area contributed by atoms with Crippen LogP contribution in [-0.2, 0) is 14.8 Å². The number of furan rings is 1. The predicted octanol–water partition coefficient (Wildman–Crippen LogP) is 5.51. The van der Waals surface area contributed by atoms with Crippen molar-refractivity contribution in [1.82, 2.24) is 5.43 Å². The number of non-ortho nitro benzene ring substituents is 1. The number of hydrogen-bond donors (Lipinski definition) is 1. The van der Waals surface area contributed by atoms with Gasteiger partial charge >= 0.3 is 0 Å². The minimum atomic E-state index is -4.13. The molecular formula is C25H18Cl2N4O6S. The third kappa shape index (κ3) is 6.20. The number of nitrogens with one attached hydrogen (secondary N) is 1. The van der Waals surface area contributed by atoms with E-state index >= 15 is 0 Å². The van der Waals surface area contributed by atoms with Gasteiger partial charge in [-0.3, -0.25) is 19.2 Å². The number of nitro groups is 1. The zero-order valence-corrected chi connectivity index (χ0v) is 21.7. The lowest BCUT2D eigenvalue weighted by Gasteiger charge is -2.24. The SMILES string of the molecule is O=C(CN(c1ccc(Cl)c(Cl)c1)S(=O)(=O)c1ccccc1)N/N=C\c1ccc(-c2ccc([N+](=O)[O-])cc2)o1. The summed E-state index contributed by atoms with van der Waals surface area (Å²) in [5.74, 6) is -0.00158. The van der Waals surface area contributed by atoms with Crippen molar-refractivity contribution >= 4 is 56.7 Å². The van der Waals surface area contributed by atoms with E-state index in [1.807, 2.05) is 0 Å². The number of halogens is 2. The van der Waals surface area contributed by atoms with Crippen molar-refractivity contribution in [2.45, 2.75) is 4.90 Å². The molecule has 0 saturated heterocycles. The quantitative estimate of drug-likeness (QED) is 0.159. The van der Waals surface area contributed by atoms with E-state index in [4.69, 9.17) is 27.6 Å². The summed E-state index contributed by atoms with van der Waals surface area (Å²) < 4.78 is 33.2. The van der Waals surface area contributed by atoms with E-state index in [0.717, 1.165) is 4.31 Å². The standard InChI is InChI=1S/C25H18Cl2N4O6S/c26-22-12-10-19(14-23(22)27)30(38(35,36)21-4-2-1-3-5-21)16-25(32)29-28-15-20-11-13-24(37-20)17-6-8-18(9-7-17)31(33)34/h1-15H,16H2,(H,29,32)/b28-15-. The summed E-state index contributed by atoms with van der Waals surface area (Å²) in [4.78, 5) is 23.0. The second kappa shape index (κ2) is 11.5. The molecule has 0 spiro atoms. The second-order valence-corrected chi connectivity index (χ2v) is 10.4. The molecule has 1 N–H and O–H groups in total. The summed E-state index contributed by atoms with van der Waals surface area (Å²) in [6.45, 7) is -0.598. The molecule has 1 amide bonds. The van der Waals surface area contributed by atoms with Crippen LogP contribution in [0, 0.1) is 10.1 Å². The van der Waals surface area contributed by atoms with Crippen LogP contribution in [0.4, 0.5) is 11.4 Å². The first-order valence-electron chi connectivity index (χ1n) is 10.8. The van der Waals surface area contributed by atoms with Crippen molar-refractivity contribution in [2.24, 2.45) is 5.10 Å². The van der Waals surface area contributed by atoms with E-state index in [1.54, 1.807) is 42.5 Å². The van der Waals surface area contributed by atoms with E-state index in [1.165, 1.54) is 48.7 Å². The first-order chi connectivity index (χ1) is 18.1. The number of anilines is 1. The molecule has 1 aromatic heterocycles. The van der Waals surface area contributed by atoms with Gasteiger partial charge in [-0.05, 0) is 54.6 Å². The second-order valence-electron chi connectivity index (χ2n) is 7.72. The van der Waals surface area contributed by atoms with Crippen LogP contribution in [-0.4, -0.2) is 32.0 Å². The van der Waals surface area contributed by atoms with Crippen molar-refractivity contribution < 1.29 is 22.6 Å². The molecule has 0 aliphatic carbocycles. The molecule has 0 unspecified atom stereocenters. The molecule has 0 fully saturated rings. The number of amides is 1. The molecule has 0 aliphatic heterocycles. The molecule has 1 heterocycles. The lowest BCUT2D eigenvalue weighted by atomic mass is 10.1. The zero-order valence-electron chi connectivity index (χ0n) is 19.3. The van der Waals surface area contributed by atoms with Gasteiger partial charge in [-0.2, -0.15) is 5.10 Å². The predicted molar refractivity (Wildman–Crippen MR) is 144 cm³/mol. The van der Waals surface area contributed by atoms with Gasteiger partial charge in [0.15, 0.2) is 0 Å². The van der Waals surface area contributed by atoms with Gasteiger partial charge in [0.2, 0.25) is 0 Å². The Morgan fingerprint density at radius 1 is 1.00 bits per heavy atom. The van der Waals surface area contributed by atoms with Crippen LogP contribution in [0.2, 0.25) is 10.0 Å². The number of hydrogen-bond acceptors (Lipinski definition) is 7. The summed E-state index contributed by atoms with van der Waals surface area (Å²) in [6.07, 6.45) is 1.24. The van der Waals surface area contributed by atoms with E-state index in [-0.39, 0.29) is 32.1 Å². The van der Waals surface area contributed by atoms with Crippen LogP contribution in [0.25, 0.3) is 11.3 Å². The van der Waals surface area contributed by atoms with Crippen molar-refractivity contribution in [3.63, 3.8) is 0 Å². The molecule has 4 aromatic rings. The Hall–Kier alpha value is -4.19. The van der Waals surface area contributed by atoms with Crippen LogP contribution in [0.1, 0.15) is 5.76 Å². The highest BCUT2D eigenvalue weighted by Gasteiger charge is 2.27. The zero-order chi connectivity index (χ0) is 27.3. The Kier molecular flexibility index (Phi) is 8.10. The monoisotopic (exact) mass is 572 g/mol. The Bertz CT molecular complexity index is 1610. The normalized spacial score (nSPS) is 11.4. The molecule has 0 saturated carbocycles. The van der Waals surface area contributed by atoms with Gasteiger partial charge in [0.1, 0.15) is 18.1 Å². The maximum atomic E-state index is 13.3. The average Bonchev–Trinajstić information content (AvgIpc) is 3.38. The number of benzene rings is 3. The summed E-state index contributed by atoms with van der Waals surface area (Å²) in [7, 11) is -4.13. The molecule has 38 heavy (non-hydrogen) atoms. The van der Waals surface area contributed by atoms with Crippen LogP contribution in [0.15, 0.2) is 99.3 Å². The molecule has 0 bridgehead atoms. The molecular weight excluding hydrogens is 555 g/mol. The number of sulfonamides is 1. The first kappa shape index (κ1) is 26.9. The Balaban J connectivity index is 1.49. The highest BCUT2D eigenvalue weighted by Crippen LogP contribution is 2.30. The van der Waals surface area contributed by atoms with Crippen LogP contribution in [0.5, 0.6) is 0 Å². The minimum absolute atomic E-state index is 0.0169. The molecule has 4 rings (SSSR count). The van der Waals surface area contributed by atoms with Gasteiger partial charge in [-0.25, -0.2) is 13.8 Å². The van der Waals surface area contributed by atoms with Gasteiger partial charge in [0.05, 0.1) is 31.8 Å². The molecule has 194 valence electrons. The Morgan fingerprint density at radius 3 is 2.37 bits per heavy atom. The fraction of sp³-hybridized carbons (Fsp3) is 0.0400. The van der Waals surface area contributed by atoms with Crippen molar-refractivity contribution in [3.05, 3.63) is 111 Å². The fourth-order valence-corrected chi connectivity index (χ4v) is 5.06. The topological polar surface area (TPSA) is 135 Å². The lowest BCUT2D eigenvalue weighted by molar-refractivity contribution is -0.384. The van der Waals surface area contributed by atoms with E-state index in [9.17, 15) is 23.3 Å². The van der Waals surface area contributed by atoms with E-state index in [0.29, 0.717) is 11.3 Å². The molecule has 0 aliphatic rings. The van der Waals surface area contributed by atoms with E-state index in [2.05, 4.69) is 10.5 Å². The van der Waals surface area contributed by atoms with E-state index < -0.39 is 27.4 Å². The van der Waals surface area contributed by atoms with Gasteiger partial charge in [-0.15, -0.1) is 0 Å². The Morgan fingerprint density at radius 2 is 1.71 bits per heavy atom. The molecule has 10 nitrogen and oxygen atoms in total. The molecule has 0 radical (unpaired) electrons. The molecule has 0 atom stereocenters. The number of hydrazone groups is 1. The summed E-state index contributed by atoms with van der Waals surface area (Å²) >= 11 is 12.1. The van der Waals surface area contributed by atoms with Crippen LogP contribution >= 0.6 is 23.2 Å². The first-order valence-corrected chi connectivity index (χ1v) is 13.0. The third-order valence-corrected chi connectivity index (χ3v) is 7.71. The minimum Gasteiger partial charge on any atom is -0.455 e. The van der Waals surface area contributed by atoms with Crippen LogP contribution in [0.3, 0.4) is 0 Å². The summed E-state index contributed by atoms with van der Waals surface area (Å²) in [5.41, 5.74) is 2.99. The largest absolute Gasteiger partial charge is 0.455 e. The Labute approximate surface area is 227 Å². The highest BCUT2D eigenvalue weighted by molar-refractivity contribution is 7.92. The number of nitro benzene ring substituents is 1. The van der Waals surface area contributed by atoms with Gasteiger partial charge in [0, 0.05) is 17.7 Å². The smallest absolute Gasteiger partial charge is 0.269 e. The van der Waals surface area contributed by atoms with Crippen molar-refractivity contribution in [3.8, 4) is 11.3 Å². The van der Waals surface area contributed by atoms with Gasteiger partial charge in [0.25, 0.3) is 21.6 Å². The summed E-state index contributed by atoms with van der Waals surface area (Å²) in [6, 6.07) is 20.9. The number of carbonyl (C=O) groups is 1. The average molecular weight is 573 g/mol. The van der Waals surface area contributed by atoms with Gasteiger partial charge in [-0.1, -0.05) is 41.4 Å². The highest BCUT2D eigenvalue weighted by atomic mass is 35.5. The number of carbonyl (C=O) groups excluding carboxylic acids is 1. The van der Waals surface area contributed by atoms with Crippen molar-refractivity contribution in [1.29, 1.82) is 0 Å². The third-order valence-electron chi connectivity index (χ3n) is 5.18. The maximum Gasteiger partial charge on any atom is 0.269 e. The maximum absolute atomic E-state index is 13.3. The fourth-order valence-electron chi connectivity index (χ4n) is 3.33. The summed E-state index contributed by atoms with van der Waals surface area (Å²) in [5, 5.41) is 15.0. The lowest BCUT2D eigenvalue weighted by Crippen LogP contribution is -2.39. The number of nitrogens with zero attached hydrogens (tertiary/aromatic N) is 3.